The van der Waals surface area contributed by atoms with Gasteiger partial charge >= 0.3 is 6.09 Å². The van der Waals surface area contributed by atoms with Crippen LogP contribution in [0.25, 0.3) is 0 Å². The number of hydrogen-bond acceptors (Lipinski definition) is 4. The molecule has 3 rings (SSSR count). The summed E-state index contributed by atoms with van der Waals surface area (Å²) in [5, 5.41) is 3.20. The molecule has 2 aromatic rings. The number of rotatable bonds is 3. The number of piperidine rings is 1. The van der Waals surface area contributed by atoms with Gasteiger partial charge in [-0.05, 0) is 18.4 Å². The van der Waals surface area contributed by atoms with Gasteiger partial charge in [-0.3, -0.25) is 0 Å². The van der Waals surface area contributed by atoms with Gasteiger partial charge in [0.05, 0.1) is 5.01 Å². The van der Waals surface area contributed by atoms with Gasteiger partial charge in [0.1, 0.15) is 6.61 Å². The Morgan fingerprint density at radius 1 is 1.29 bits per heavy atom. The smallest absolute Gasteiger partial charge is 0.410 e. The number of carbonyl (C=O) groups excluding carboxylic acids is 1. The molecule has 1 amide bonds. The zero-order valence-electron chi connectivity index (χ0n) is 11.8. The number of amides is 1. The first-order valence-electron chi connectivity index (χ1n) is 7.18. The van der Waals surface area contributed by atoms with E-state index < -0.39 is 0 Å². The highest BCUT2D eigenvalue weighted by atomic mass is 32.1. The second-order valence-corrected chi connectivity index (χ2v) is 6.10. The SMILES string of the molecule is O=C(OCc1ccccc1)N1CCC(c2nccs2)CC1. The Labute approximate surface area is 128 Å². The molecule has 0 atom stereocenters. The van der Waals surface area contributed by atoms with E-state index in [0.717, 1.165) is 31.5 Å². The highest BCUT2D eigenvalue weighted by Gasteiger charge is 2.25. The van der Waals surface area contributed by atoms with Gasteiger partial charge < -0.3 is 9.64 Å². The zero-order chi connectivity index (χ0) is 14.5. The molecule has 1 fully saturated rings. The van der Waals surface area contributed by atoms with E-state index in [1.54, 1.807) is 16.2 Å². The van der Waals surface area contributed by atoms with Crippen molar-refractivity contribution in [1.29, 1.82) is 0 Å². The third kappa shape index (κ3) is 3.61. The minimum Gasteiger partial charge on any atom is -0.445 e. The summed E-state index contributed by atoms with van der Waals surface area (Å²) in [4.78, 5) is 18.2. The van der Waals surface area contributed by atoms with E-state index in [-0.39, 0.29) is 6.09 Å². The molecule has 21 heavy (non-hydrogen) atoms. The van der Waals surface area contributed by atoms with E-state index in [1.807, 2.05) is 41.9 Å². The lowest BCUT2D eigenvalue weighted by molar-refractivity contribution is 0.0870. The van der Waals surface area contributed by atoms with Crippen LogP contribution in [0.3, 0.4) is 0 Å². The quantitative estimate of drug-likeness (QED) is 0.869. The molecule has 0 bridgehead atoms. The molecule has 4 nitrogen and oxygen atoms in total. The number of thiazole rings is 1. The van der Waals surface area contributed by atoms with Gasteiger partial charge in [0.2, 0.25) is 0 Å². The summed E-state index contributed by atoms with van der Waals surface area (Å²) >= 11 is 1.70. The van der Waals surface area contributed by atoms with Crippen molar-refractivity contribution in [3.63, 3.8) is 0 Å². The summed E-state index contributed by atoms with van der Waals surface area (Å²) in [6, 6.07) is 9.77. The summed E-state index contributed by atoms with van der Waals surface area (Å²) in [6.07, 6.45) is 3.57. The molecule has 0 saturated carbocycles. The molecule has 110 valence electrons. The van der Waals surface area contributed by atoms with E-state index in [9.17, 15) is 4.79 Å². The number of aromatic nitrogens is 1. The number of hydrogen-bond donors (Lipinski definition) is 0. The molecule has 2 heterocycles. The zero-order valence-corrected chi connectivity index (χ0v) is 12.6. The van der Waals surface area contributed by atoms with E-state index >= 15 is 0 Å². The van der Waals surface area contributed by atoms with Crippen molar-refractivity contribution < 1.29 is 9.53 Å². The normalized spacial score (nSPS) is 15.9. The Kier molecular flexibility index (Phi) is 4.50. The van der Waals surface area contributed by atoms with E-state index in [4.69, 9.17) is 4.74 Å². The van der Waals surface area contributed by atoms with Gasteiger partial charge in [0.15, 0.2) is 0 Å². The van der Waals surface area contributed by atoms with Crippen molar-refractivity contribution in [1.82, 2.24) is 9.88 Å². The van der Waals surface area contributed by atoms with Crippen LogP contribution in [0.15, 0.2) is 41.9 Å². The van der Waals surface area contributed by atoms with Crippen LogP contribution in [0.2, 0.25) is 0 Å². The molecule has 0 N–H and O–H groups in total. The van der Waals surface area contributed by atoms with Crippen molar-refractivity contribution >= 4 is 17.4 Å². The summed E-state index contributed by atoms with van der Waals surface area (Å²) in [5.74, 6) is 0.489. The number of ether oxygens (including phenoxy) is 1. The average molecular weight is 302 g/mol. The molecular weight excluding hydrogens is 284 g/mol. The number of likely N-dealkylation sites (tertiary alicyclic amines) is 1. The molecule has 0 spiro atoms. The number of nitrogens with zero attached hydrogens (tertiary/aromatic N) is 2. The summed E-state index contributed by atoms with van der Waals surface area (Å²) in [7, 11) is 0. The molecule has 1 saturated heterocycles. The van der Waals surface area contributed by atoms with Crippen molar-refractivity contribution in [2.75, 3.05) is 13.1 Å². The first-order valence-corrected chi connectivity index (χ1v) is 8.06. The fourth-order valence-corrected chi connectivity index (χ4v) is 3.37. The standard InChI is InChI=1S/C16H18N2O2S/c19-16(20-12-13-4-2-1-3-5-13)18-9-6-14(7-10-18)15-17-8-11-21-15/h1-5,8,11,14H,6-7,9-10,12H2. The highest BCUT2D eigenvalue weighted by Crippen LogP contribution is 2.29. The van der Waals surface area contributed by atoms with Crippen LogP contribution < -0.4 is 0 Å². The number of benzene rings is 1. The topological polar surface area (TPSA) is 42.4 Å². The maximum absolute atomic E-state index is 12.1. The van der Waals surface area contributed by atoms with Crippen LogP contribution in [0.4, 0.5) is 4.79 Å². The van der Waals surface area contributed by atoms with Crippen molar-refractivity contribution in [2.24, 2.45) is 0 Å². The lowest BCUT2D eigenvalue weighted by atomic mass is 9.98. The molecule has 5 heteroatoms. The minimum absolute atomic E-state index is 0.212. The van der Waals surface area contributed by atoms with E-state index in [1.165, 1.54) is 5.01 Å². The molecule has 1 aliphatic heterocycles. The van der Waals surface area contributed by atoms with Crippen LogP contribution in [0, 0.1) is 0 Å². The highest BCUT2D eigenvalue weighted by molar-refractivity contribution is 7.09. The van der Waals surface area contributed by atoms with E-state index in [0.29, 0.717) is 12.5 Å². The maximum Gasteiger partial charge on any atom is 0.410 e. The van der Waals surface area contributed by atoms with Crippen LogP contribution in [0.1, 0.15) is 29.3 Å². The van der Waals surface area contributed by atoms with Crippen LogP contribution in [-0.4, -0.2) is 29.1 Å². The number of carbonyl (C=O) groups is 1. The molecule has 1 aliphatic rings. The monoisotopic (exact) mass is 302 g/mol. The second kappa shape index (κ2) is 6.72. The Hall–Kier alpha value is -1.88. The lowest BCUT2D eigenvalue weighted by Gasteiger charge is -2.30. The van der Waals surface area contributed by atoms with Gasteiger partial charge in [-0.1, -0.05) is 30.3 Å². The predicted molar refractivity (Wildman–Crippen MR) is 82.3 cm³/mol. The van der Waals surface area contributed by atoms with Gasteiger partial charge in [-0.15, -0.1) is 11.3 Å². The fraction of sp³-hybridized carbons (Fsp3) is 0.375. The van der Waals surface area contributed by atoms with Gasteiger partial charge in [0.25, 0.3) is 0 Å². The summed E-state index contributed by atoms with van der Waals surface area (Å²) in [5.41, 5.74) is 1.02. The summed E-state index contributed by atoms with van der Waals surface area (Å²) in [6.45, 7) is 1.84. The van der Waals surface area contributed by atoms with Crippen molar-refractivity contribution in [3.05, 3.63) is 52.5 Å². The Morgan fingerprint density at radius 3 is 2.71 bits per heavy atom. The third-order valence-corrected chi connectivity index (χ3v) is 4.70. The Balaban J connectivity index is 1.47. The Bertz CT molecular complexity index is 563. The van der Waals surface area contributed by atoms with Gasteiger partial charge in [0, 0.05) is 30.6 Å². The lowest BCUT2D eigenvalue weighted by Crippen LogP contribution is -2.38. The third-order valence-electron chi connectivity index (χ3n) is 3.76. The minimum atomic E-state index is -0.212. The largest absolute Gasteiger partial charge is 0.445 e. The van der Waals surface area contributed by atoms with Gasteiger partial charge in [-0.25, -0.2) is 9.78 Å². The molecule has 0 unspecified atom stereocenters. The van der Waals surface area contributed by atoms with Crippen LogP contribution >= 0.6 is 11.3 Å². The fourth-order valence-electron chi connectivity index (χ4n) is 2.56. The van der Waals surface area contributed by atoms with Gasteiger partial charge in [-0.2, -0.15) is 0 Å². The maximum atomic E-state index is 12.1. The predicted octanol–water partition coefficient (Wildman–Crippen LogP) is 3.66. The molecule has 0 aliphatic carbocycles. The second-order valence-electron chi connectivity index (χ2n) is 5.17. The summed E-state index contributed by atoms with van der Waals surface area (Å²) < 4.78 is 5.37. The molecular formula is C16H18N2O2S. The Morgan fingerprint density at radius 2 is 2.05 bits per heavy atom. The van der Waals surface area contributed by atoms with Crippen molar-refractivity contribution in [2.45, 2.75) is 25.4 Å². The van der Waals surface area contributed by atoms with Crippen molar-refractivity contribution in [3.8, 4) is 0 Å². The molecule has 1 aromatic heterocycles. The average Bonchev–Trinajstić information content (AvgIpc) is 3.08. The van der Waals surface area contributed by atoms with Crippen LogP contribution in [0.5, 0.6) is 0 Å². The first-order chi connectivity index (χ1) is 10.3. The van der Waals surface area contributed by atoms with E-state index in [2.05, 4.69) is 4.98 Å². The molecule has 0 radical (unpaired) electrons. The first kappa shape index (κ1) is 14.1. The van der Waals surface area contributed by atoms with Crippen LogP contribution in [-0.2, 0) is 11.3 Å². The molecule has 1 aromatic carbocycles.